The first kappa shape index (κ1) is 19.0. The van der Waals surface area contributed by atoms with Crippen LogP contribution in [0, 0.1) is 24.7 Å². The Morgan fingerprint density at radius 1 is 1.20 bits per heavy atom. The molecule has 0 fully saturated rings. The van der Waals surface area contributed by atoms with Gasteiger partial charge in [0.05, 0.1) is 17.8 Å². The summed E-state index contributed by atoms with van der Waals surface area (Å²) in [6.45, 7) is 0.261. The lowest BCUT2D eigenvalue weighted by Crippen LogP contribution is -2.46. The molecule has 1 N–H and O–H groups in total. The van der Waals surface area contributed by atoms with E-state index in [0.29, 0.717) is 11.3 Å². The summed E-state index contributed by atoms with van der Waals surface area (Å²) in [4.78, 5) is 26.0. The number of hydrogen-bond acceptors (Lipinski definition) is 5. The third kappa shape index (κ3) is 2.92. The lowest BCUT2D eigenvalue weighted by atomic mass is 9.97. The number of terminal acetylenes is 2. The second kappa shape index (κ2) is 7.26. The molecule has 3 heterocycles. The van der Waals surface area contributed by atoms with Crippen LogP contribution in [-0.2, 0) is 0 Å². The fourth-order valence-electron chi connectivity index (χ4n) is 3.71. The predicted molar refractivity (Wildman–Crippen MR) is 109 cm³/mol. The van der Waals surface area contributed by atoms with E-state index in [1.54, 1.807) is 17.9 Å². The molecule has 148 valence electrons. The maximum Gasteiger partial charge on any atom is 0.275 e. The van der Waals surface area contributed by atoms with E-state index in [1.807, 2.05) is 30.3 Å². The number of carbonyl (C=O) groups is 1. The summed E-state index contributed by atoms with van der Waals surface area (Å²) < 4.78 is 3.03. The summed E-state index contributed by atoms with van der Waals surface area (Å²) in [7, 11) is 1.60. The van der Waals surface area contributed by atoms with Gasteiger partial charge in [-0.15, -0.1) is 12.8 Å². The molecular weight excluding hydrogens is 382 g/mol. The molecule has 0 spiro atoms. The molecule has 0 radical (unpaired) electrons. The molecule has 8 heteroatoms. The molecule has 4 rings (SSSR count). The van der Waals surface area contributed by atoms with Crippen LogP contribution in [0.5, 0.6) is 5.75 Å². The van der Waals surface area contributed by atoms with E-state index < -0.39 is 29.2 Å². The van der Waals surface area contributed by atoms with Gasteiger partial charge in [-0.05, 0) is 11.5 Å². The highest BCUT2D eigenvalue weighted by molar-refractivity contribution is 5.95. The third-order valence-corrected chi connectivity index (χ3v) is 5.13. The van der Waals surface area contributed by atoms with Gasteiger partial charge >= 0.3 is 0 Å². The Morgan fingerprint density at radius 3 is 2.57 bits per heavy atom. The van der Waals surface area contributed by atoms with Crippen LogP contribution in [0.25, 0.3) is 0 Å². The van der Waals surface area contributed by atoms with Crippen LogP contribution < -0.4 is 5.43 Å². The van der Waals surface area contributed by atoms with E-state index in [2.05, 4.69) is 22.0 Å². The van der Waals surface area contributed by atoms with Gasteiger partial charge < -0.3 is 10.0 Å². The summed E-state index contributed by atoms with van der Waals surface area (Å²) in [5.41, 5.74) is 0.780. The summed E-state index contributed by atoms with van der Waals surface area (Å²) in [6.07, 6.45) is 13.8. The first-order chi connectivity index (χ1) is 14.5. The van der Waals surface area contributed by atoms with E-state index in [9.17, 15) is 14.7 Å². The van der Waals surface area contributed by atoms with Crippen LogP contribution in [0.15, 0.2) is 47.5 Å². The Hall–Kier alpha value is -4.30. The summed E-state index contributed by atoms with van der Waals surface area (Å²) >= 11 is 0. The van der Waals surface area contributed by atoms with Crippen molar-refractivity contribution in [3.8, 4) is 30.4 Å². The predicted octanol–water partition coefficient (Wildman–Crippen LogP) is 1.02. The molecule has 3 aromatic rings. The molecule has 1 aromatic carbocycles. The van der Waals surface area contributed by atoms with Crippen molar-refractivity contribution in [2.75, 3.05) is 13.6 Å². The molecular formula is C22H17N5O3. The van der Waals surface area contributed by atoms with Crippen molar-refractivity contribution in [2.45, 2.75) is 12.1 Å². The minimum atomic E-state index is -0.719. The molecule has 2 atom stereocenters. The number of likely N-dealkylation sites (N-methyl/N-ethyl adjacent to an activating group) is 1. The molecule has 30 heavy (non-hydrogen) atoms. The maximum atomic E-state index is 12.7. The van der Waals surface area contributed by atoms with Gasteiger partial charge in [0.25, 0.3) is 5.91 Å². The van der Waals surface area contributed by atoms with Crippen molar-refractivity contribution >= 4 is 5.91 Å². The fourth-order valence-corrected chi connectivity index (χ4v) is 3.71. The summed E-state index contributed by atoms with van der Waals surface area (Å²) in [5.74, 6) is 3.90. The van der Waals surface area contributed by atoms with Gasteiger partial charge in [0.1, 0.15) is 6.04 Å². The van der Waals surface area contributed by atoms with Crippen LogP contribution in [-0.4, -0.2) is 49.1 Å². The number of rotatable bonds is 3. The van der Waals surface area contributed by atoms with Gasteiger partial charge in [0.2, 0.25) is 5.43 Å². The van der Waals surface area contributed by atoms with Crippen molar-refractivity contribution < 1.29 is 9.90 Å². The number of carbonyl (C=O) groups excluding carboxylic acids is 1. The Kier molecular flexibility index (Phi) is 4.61. The van der Waals surface area contributed by atoms with Crippen LogP contribution in [0.3, 0.4) is 0 Å². The molecule has 2 unspecified atom stereocenters. The monoisotopic (exact) mass is 399 g/mol. The van der Waals surface area contributed by atoms with Crippen molar-refractivity contribution in [2.24, 2.45) is 0 Å². The van der Waals surface area contributed by atoms with E-state index in [1.165, 1.54) is 9.58 Å². The molecule has 1 aliphatic rings. The van der Waals surface area contributed by atoms with Gasteiger partial charge in [-0.25, -0.2) is 4.68 Å². The fraction of sp³-hybridized carbons (Fsp3) is 0.182. The van der Waals surface area contributed by atoms with Crippen molar-refractivity contribution in [1.82, 2.24) is 24.5 Å². The molecule has 0 bridgehead atoms. The number of amides is 1. The largest absolute Gasteiger partial charge is 0.502 e. The first-order valence-electron chi connectivity index (χ1n) is 9.09. The Labute approximate surface area is 172 Å². The average molecular weight is 399 g/mol. The zero-order chi connectivity index (χ0) is 21.4. The second-order valence-corrected chi connectivity index (χ2v) is 6.92. The van der Waals surface area contributed by atoms with Gasteiger partial charge in [-0.2, -0.15) is 10.2 Å². The Morgan fingerprint density at radius 2 is 1.93 bits per heavy atom. The highest BCUT2D eigenvalue weighted by Crippen LogP contribution is 2.35. The Bertz CT molecular complexity index is 1250. The molecule has 0 saturated carbocycles. The third-order valence-electron chi connectivity index (χ3n) is 5.13. The van der Waals surface area contributed by atoms with E-state index >= 15 is 0 Å². The number of nitrogens with zero attached hydrogens (tertiary/aromatic N) is 5. The minimum absolute atomic E-state index is 0.163. The summed E-state index contributed by atoms with van der Waals surface area (Å²) in [5, 5.41) is 18.9. The molecule has 0 aliphatic carbocycles. The van der Waals surface area contributed by atoms with Gasteiger partial charge in [0, 0.05) is 19.8 Å². The average Bonchev–Trinajstić information content (AvgIpc) is 3.17. The Balaban J connectivity index is 1.97. The lowest BCUT2D eigenvalue weighted by molar-refractivity contribution is 0.0667. The number of fused-ring (bicyclic) bond motifs is 1. The van der Waals surface area contributed by atoms with Crippen molar-refractivity contribution in [1.29, 1.82) is 0 Å². The van der Waals surface area contributed by atoms with E-state index in [4.69, 9.17) is 12.8 Å². The number of benzene rings is 1. The lowest BCUT2D eigenvalue weighted by Gasteiger charge is -2.37. The van der Waals surface area contributed by atoms with Crippen LogP contribution >= 0.6 is 0 Å². The molecule has 8 nitrogen and oxygen atoms in total. The van der Waals surface area contributed by atoms with Crippen molar-refractivity contribution in [3.05, 3.63) is 75.5 Å². The highest BCUT2D eigenvalue weighted by Gasteiger charge is 2.39. The molecule has 0 saturated heterocycles. The van der Waals surface area contributed by atoms with Crippen LogP contribution in [0.2, 0.25) is 0 Å². The smallest absolute Gasteiger partial charge is 0.275 e. The van der Waals surface area contributed by atoms with E-state index in [-0.39, 0.29) is 12.2 Å². The molecule has 2 aromatic heterocycles. The van der Waals surface area contributed by atoms with Crippen LogP contribution in [0.4, 0.5) is 0 Å². The van der Waals surface area contributed by atoms with Gasteiger partial charge in [0.15, 0.2) is 17.1 Å². The number of aromatic nitrogens is 4. The van der Waals surface area contributed by atoms with Crippen molar-refractivity contribution in [3.63, 3.8) is 0 Å². The number of hydrogen-bond donors (Lipinski definition) is 1. The summed E-state index contributed by atoms with van der Waals surface area (Å²) in [6, 6.07) is 8.51. The number of aromatic hydroxyl groups is 1. The van der Waals surface area contributed by atoms with Crippen LogP contribution in [0.1, 0.15) is 39.4 Å². The normalized spacial score (nSPS) is 16.4. The van der Waals surface area contributed by atoms with Gasteiger partial charge in [-0.3, -0.25) is 14.3 Å². The topological polar surface area (TPSA) is 93.3 Å². The zero-order valence-electron chi connectivity index (χ0n) is 16.1. The second-order valence-electron chi connectivity index (χ2n) is 6.92. The van der Waals surface area contributed by atoms with Gasteiger partial charge in [-0.1, -0.05) is 36.3 Å². The standard InChI is InChI=1S/C22H17N5O3/c1-4-14-12-26(24-16(14)5-2)19(15-9-7-6-8-10-15)17-13-25(3)22(30)20-21(29)18(28)11-23-27(17)20/h1-2,6-12,17,19,29H,13H2,3H3. The zero-order valence-corrected chi connectivity index (χ0v) is 16.1. The first-order valence-corrected chi connectivity index (χ1v) is 9.09. The highest BCUT2D eigenvalue weighted by atomic mass is 16.3. The minimum Gasteiger partial charge on any atom is -0.502 e. The molecule has 1 aliphatic heterocycles. The maximum absolute atomic E-state index is 12.7. The van der Waals surface area contributed by atoms with E-state index in [0.717, 1.165) is 11.8 Å². The molecule has 1 amide bonds. The SMILES string of the molecule is C#Cc1cn(C(c2ccccc2)C2CN(C)C(=O)c3c(O)c(=O)cnn32)nc1C#C. The quantitative estimate of drug-likeness (QED) is 0.664.